The minimum atomic E-state index is -1.65. The van der Waals surface area contributed by atoms with Gasteiger partial charge in [0.05, 0.1) is 25.2 Å². The van der Waals surface area contributed by atoms with Gasteiger partial charge in [-0.3, -0.25) is 24.0 Å². The highest BCUT2D eigenvalue weighted by molar-refractivity contribution is 5.97. The van der Waals surface area contributed by atoms with Gasteiger partial charge in [-0.15, -0.1) is 0 Å². The summed E-state index contributed by atoms with van der Waals surface area (Å²) < 4.78 is 0. The summed E-state index contributed by atoms with van der Waals surface area (Å²) in [7, 11) is 0. The van der Waals surface area contributed by atoms with Gasteiger partial charge in [0, 0.05) is 18.3 Å². The van der Waals surface area contributed by atoms with Crippen molar-refractivity contribution in [2.24, 2.45) is 17.4 Å². The lowest BCUT2D eigenvalue weighted by molar-refractivity contribution is -0.144. The molecule has 4 unspecified atom stereocenters. The number of carboxylic acid groups (broad SMARTS) is 2. The molecule has 0 aliphatic heterocycles. The Morgan fingerprint density at radius 2 is 1.53 bits per heavy atom. The van der Waals surface area contributed by atoms with Gasteiger partial charge in [-0.05, 0) is 5.92 Å². The summed E-state index contributed by atoms with van der Waals surface area (Å²) in [5.74, 6) is -7.28. The Morgan fingerprint density at radius 1 is 0.971 bits per heavy atom. The highest BCUT2D eigenvalue weighted by Gasteiger charge is 2.33. The van der Waals surface area contributed by atoms with Crippen LogP contribution in [0.15, 0.2) is 12.5 Å². The molecular formula is C19H29N7O8. The number of primary amides is 1. The molecule has 15 heteroatoms. The van der Waals surface area contributed by atoms with Gasteiger partial charge in [0.1, 0.15) is 18.1 Å². The zero-order valence-electron chi connectivity index (χ0n) is 18.6. The number of hydrogen-bond acceptors (Lipinski definition) is 8. The van der Waals surface area contributed by atoms with Gasteiger partial charge >= 0.3 is 11.9 Å². The quantitative estimate of drug-likeness (QED) is 0.131. The van der Waals surface area contributed by atoms with Gasteiger partial charge in [-0.2, -0.15) is 0 Å². The van der Waals surface area contributed by atoms with E-state index in [9.17, 15) is 33.9 Å². The zero-order chi connectivity index (χ0) is 26.0. The number of imidazole rings is 1. The van der Waals surface area contributed by atoms with Crippen molar-refractivity contribution >= 4 is 35.6 Å². The summed E-state index contributed by atoms with van der Waals surface area (Å²) in [5.41, 5.74) is 11.4. The summed E-state index contributed by atoms with van der Waals surface area (Å²) in [5, 5.41) is 24.9. The van der Waals surface area contributed by atoms with E-state index in [-0.39, 0.29) is 6.42 Å². The first kappa shape index (κ1) is 28.0. The molecule has 0 bridgehead atoms. The Balaban J connectivity index is 2.96. The molecule has 0 aliphatic rings. The van der Waals surface area contributed by atoms with E-state index in [1.165, 1.54) is 26.4 Å². The van der Waals surface area contributed by atoms with Crippen molar-refractivity contribution in [3.63, 3.8) is 0 Å². The summed E-state index contributed by atoms with van der Waals surface area (Å²) in [6.07, 6.45) is 1.27. The van der Waals surface area contributed by atoms with Crippen LogP contribution in [0.4, 0.5) is 0 Å². The number of hydrogen-bond donors (Lipinski definition) is 8. The third kappa shape index (κ3) is 9.23. The third-order valence-corrected chi connectivity index (χ3v) is 4.61. The maximum absolute atomic E-state index is 12.7. The number of carboxylic acids is 2. The van der Waals surface area contributed by atoms with E-state index in [1.54, 1.807) is 0 Å². The second kappa shape index (κ2) is 12.9. The van der Waals surface area contributed by atoms with E-state index in [0.29, 0.717) is 5.69 Å². The second-order valence-corrected chi connectivity index (χ2v) is 7.85. The number of nitrogens with zero attached hydrogens (tertiary/aromatic N) is 1. The standard InChI is InChI=1S/C19H29N7O8/c1-8(2)15(19(33)34)26-18(32)11(4-13(21)27)25-17(31)12(5-14(28)29)24-16(30)10(20)3-9-6-22-7-23-9/h6-8,10-12,15H,3-5,20H2,1-2H3,(H2,21,27)(H,22,23)(H,24,30)(H,25,31)(H,26,32)(H,28,29)(H,33,34). The zero-order valence-corrected chi connectivity index (χ0v) is 18.6. The smallest absolute Gasteiger partial charge is 0.326 e. The molecule has 15 nitrogen and oxygen atoms in total. The van der Waals surface area contributed by atoms with Crippen molar-refractivity contribution < 1.29 is 39.0 Å². The van der Waals surface area contributed by atoms with Crippen LogP contribution in [0.3, 0.4) is 0 Å². The minimum Gasteiger partial charge on any atom is -0.481 e. The first-order valence-electron chi connectivity index (χ1n) is 10.2. The van der Waals surface area contributed by atoms with Crippen LogP contribution in [-0.2, 0) is 35.2 Å². The summed E-state index contributed by atoms with van der Waals surface area (Å²) >= 11 is 0. The fraction of sp³-hybridized carbons (Fsp3) is 0.526. The predicted molar refractivity (Wildman–Crippen MR) is 115 cm³/mol. The fourth-order valence-electron chi connectivity index (χ4n) is 2.84. The Labute approximate surface area is 194 Å². The Kier molecular flexibility index (Phi) is 10.6. The van der Waals surface area contributed by atoms with Gasteiger partial charge in [0.2, 0.25) is 23.6 Å². The third-order valence-electron chi connectivity index (χ3n) is 4.61. The number of carbonyl (C=O) groups is 6. The number of nitrogens with two attached hydrogens (primary N) is 2. The van der Waals surface area contributed by atoms with Crippen molar-refractivity contribution in [1.82, 2.24) is 25.9 Å². The van der Waals surface area contributed by atoms with E-state index in [4.69, 9.17) is 16.6 Å². The topological polar surface area (TPSA) is 260 Å². The molecule has 4 amide bonds. The molecule has 0 fully saturated rings. The fourth-order valence-corrected chi connectivity index (χ4v) is 2.84. The Morgan fingerprint density at radius 3 is 2.00 bits per heavy atom. The van der Waals surface area contributed by atoms with Crippen molar-refractivity contribution in [3.8, 4) is 0 Å². The van der Waals surface area contributed by atoms with Gasteiger partial charge < -0.3 is 42.6 Å². The molecule has 0 saturated heterocycles. The molecular weight excluding hydrogens is 454 g/mol. The van der Waals surface area contributed by atoms with E-state index in [0.717, 1.165) is 0 Å². The van der Waals surface area contributed by atoms with Crippen molar-refractivity contribution in [3.05, 3.63) is 18.2 Å². The summed E-state index contributed by atoms with van der Waals surface area (Å²) in [4.78, 5) is 78.2. The number of aromatic amines is 1. The highest BCUT2D eigenvalue weighted by Crippen LogP contribution is 2.05. The van der Waals surface area contributed by atoms with Crippen LogP contribution >= 0.6 is 0 Å². The molecule has 188 valence electrons. The molecule has 10 N–H and O–H groups in total. The molecule has 4 atom stereocenters. The van der Waals surface area contributed by atoms with E-state index in [2.05, 4.69) is 25.9 Å². The largest absolute Gasteiger partial charge is 0.481 e. The van der Waals surface area contributed by atoms with Crippen LogP contribution in [0.2, 0.25) is 0 Å². The van der Waals surface area contributed by atoms with Crippen LogP contribution in [-0.4, -0.2) is 79.9 Å². The monoisotopic (exact) mass is 483 g/mol. The highest BCUT2D eigenvalue weighted by atomic mass is 16.4. The number of nitrogens with one attached hydrogen (secondary N) is 4. The first-order valence-corrected chi connectivity index (χ1v) is 10.2. The van der Waals surface area contributed by atoms with Crippen LogP contribution in [0, 0.1) is 5.92 Å². The van der Waals surface area contributed by atoms with Crippen molar-refractivity contribution in [2.75, 3.05) is 0 Å². The van der Waals surface area contributed by atoms with Gasteiger partial charge in [-0.25, -0.2) is 9.78 Å². The number of aromatic nitrogens is 2. The van der Waals surface area contributed by atoms with Gasteiger partial charge in [0.25, 0.3) is 0 Å². The molecule has 34 heavy (non-hydrogen) atoms. The van der Waals surface area contributed by atoms with Crippen LogP contribution in [0.25, 0.3) is 0 Å². The lowest BCUT2D eigenvalue weighted by Gasteiger charge is -2.25. The molecule has 1 heterocycles. The van der Waals surface area contributed by atoms with Gasteiger partial charge in [-0.1, -0.05) is 13.8 Å². The maximum Gasteiger partial charge on any atom is 0.326 e. The van der Waals surface area contributed by atoms with Crippen molar-refractivity contribution in [2.45, 2.75) is 57.3 Å². The second-order valence-electron chi connectivity index (χ2n) is 7.85. The molecule has 0 radical (unpaired) electrons. The van der Waals surface area contributed by atoms with E-state index in [1.807, 2.05) is 0 Å². The average Bonchev–Trinajstić information content (AvgIpc) is 3.22. The molecule has 0 spiro atoms. The molecule has 0 aromatic carbocycles. The average molecular weight is 483 g/mol. The summed E-state index contributed by atoms with van der Waals surface area (Å²) in [6.45, 7) is 3.07. The number of amides is 4. The molecule has 1 aromatic heterocycles. The van der Waals surface area contributed by atoms with E-state index < -0.39 is 78.5 Å². The van der Waals surface area contributed by atoms with E-state index >= 15 is 0 Å². The summed E-state index contributed by atoms with van der Waals surface area (Å²) in [6, 6.07) is -5.75. The van der Waals surface area contributed by atoms with Crippen molar-refractivity contribution in [1.29, 1.82) is 0 Å². The number of aliphatic carboxylic acids is 2. The molecule has 0 aliphatic carbocycles. The SMILES string of the molecule is CC(C)C(NC(=O)C(CC(N)=O)NC(=O)C(CC(=O)O)NC(=O)C(N)Cc1cnc[nH]1)C(=O)O. The Hall–Kier alpha value is -4.01. The predicted octanol–water partition coefficient (Wildman–Crippen LogP) is -3.18. The number of H-pyrrole nitrogens is 1. The normalized spacial score (nSPS) is 14.4. The Bertz CT molecular complexity index is 902. The molecule has 1 rings (SSSR count). The van der Waals surface area contributed by atoms with Crippen LogP contribution in [0.5, 0.6) is 0 Å². The van der Waals surface area contributed by atoms with Crippen LogP contribution in [0.1, 0.15) is 32.4 Å². The lowest BCUT2D eigenvalue weighted by atomic mass is 10.0. The number of carbonyl (C=O) groups excluding carboxylic acids is 4. The number of rotatable bonds is 14. The lowest BCUT2D eigenvalue weighted by Crippen LogP contribution is -2.58. The molecule has 0 saturated carbocycles. The van der Waals surface area contributed by atoms with Crippen LogP contribution < -0.4 is 27.4 Å². The van der Waals surface area contributed by atoms with Gasteiger partial charge in [0.15, 0.2) is 0 Å². The molecule has 1 aromatic rings. The first-order chi connectivity index (χ1) is 15.8. The maximum atomic E-state index is 12.7. The minimum absolute atomic E-state index is 0.0196.